The molecule has 186 valence electrons. The number of hydrogen-bond acceptors (Lipinski definition) is 8. The number of aliphatic hydroxyl groups is 1. The Morgan fingerprint density at radius 1 is 1.21 bits per heavy atom. The molecule has 1 aromatic heterocycles. The maximum Gasteiger partial charge on any atom is 0.522 e. The highest BCUT2D eigenvalue weighted by atomic mass is 32.2. The van der Waals surface area contributed by atoms with Crippen LogP contribution in [0.3, 0.4) is 0 Å². The van der Waals surface area contributed by atoms with Crippen LogP contribution >= 0.6 is 11.8 Å². The van der Waals surface area contributed by atoms with E-state index in [9.17, 15) is 18.3 Å². The monoisotopic (exact) mass is 497 g/mol. The number of alkyl halides is 3. The van der Waals surface area contributed by atoms with Crippen molar-refractivity contribution >= 4 is 28.6 Å². The third kappa shape index (κ3) is 7.57. The van der Waals surface area contributed by atoms with Gasteiger partial charge in [0.2, 0.25) is 5.95 Å². The number of hydrogen-bond donors (Lipinski definition) is 3. The van der Waals surface area contributed by atoms with Crippen LogP contribution in [-0.2, 0) is 4.74 Å². The van der Waals surface area contributed by atoms with Crippen molar-refractivity contribution in [3.63, 3.8) is 0 Å². The van der Waals surface area contributed by atoms with E-state index in [1.54, 1.807) is 11.8 Å². The Labute approximate surface area is 201 Å². The number of ether oxygens (including phenoxy) is 1. The van der Waals surface area contributed by atoms with Gasteiger partial charge in [-0.05, 0) is 24.8 Å². The van der Waals surface area contributed by atoms with E-state index in [4.69, 9.17) is 4.99 Å². The number of aryl methyl sites for hydroxylation is 1. The Bertz CT molecular complexity index is 972. The molecule has 0 saturated heterocycles. The van der Waals surface area contributed by atoms with Gasteiger partial charge < -0.3 is 15.7 Å². The zero-order valence-electron chi connectivity index (χ0n) is 19.3. The van der Waals surface area contributed by atoms with E-state index >= 15 is 0 Å². The number of aliphatic imine (C=N–C) groups is 1. The van der Waals surface area contributed by atoms with Gasteiger partial charge in [0.05, 0.1) is 17.9 Å². The van der Waals surface area contributed by atoms with Gasteiger partial charge in [-0.15, -0.1) is 24.9 Å². The van der Waals surface area contributed by atoms with Crippen LogP contribution in [0.4, 0.5) is 24.9 Å². The summed E-state index contributed by atoms with van der Waals surface area (Å²) in [6.07, 6.45) is 5.83. The summed E-state index contributed by atoms with van der Waals surface area (Å²) < 4.78 is 40.5. The molecule has 3 rings (SSSR count). The smallest absolute Gasteiger partial charge is 0.396 e. The molecule has 0 radical (unpaired) electrons. The van der Waals surface area contributed by atoms with Gasteiger partial charge in [-0.2, -0.15) is 4.98 Å². The molecule has 1 unspecified atom stereocenters. The second kappa shape index (κ2) is 12.4. The van der Waals surface area contributed by atoms with Gasteiger partial charge in [0.1, 0.15) is 10.9 Å². The van der Waals surface area contributed by atoms with E-state index < -0.39 is 13.0 Å². The molecule has 0 spiro atoms. The molecule has 1 aliphatic carbocycles. The summed E-state index contributed by atoms with van der Waals surface area (Å²) in [5, 5.41) is 16.4. The molecule has 3 N–H and O–H groups in total. The number of rotatable bonds is 11. The van der Waals surface area contributed by atoms with Crippen LogP contribution < -0.4 is 10.6 Å². The number of thioether (sulfide) groups is 1. The summed E-state index contributed by atoms with van der Waals surface area (Å²) in [6, 6.07) is 0. The van der Waals surface area contributed by atoms with Crippen molar-refractivity contribution in [1.29, 1.82) is 0 Å². The third-order valence-electron chi connectivity index (χ3n) is 5.46. The quantitative estimate of drug-likeness (QED) is 0.378. The van der Waals surface area contributed by atoms with Gasteiger partial charge in [0, 0.05) is 37.6 Å². The van der Waals surface area contributed by atoms with E-state index in [0.29, 0.717) is 18.1 Å². The Balaban J connectivity index is 1.84. The first-order chi connectivity index (χ1) is 16.3. The Morgan fingerprint density at radius 2 is 2.03 bits per heavy atom. The van der Waals surface area contributed by atoms with Gasteiger partial charge in [-0.25, -0.2) is 9.98 Å². The maximum absolute atomic E-state index is 12.2. The number of aliphatic hydroxyl groups excluding tert-OH is 1. The Morgan fingerprint density at radius 3 is 2.76 bits per heavy atom. The lowest BCUT2D eigenvalue weighted by atomic mass is 10.0. The van der Waals surface area contributed by atoms with E-state index in [1.807, 2.05) is 26.0 Å². The number of nitrogens with zero attached hydrogens (tertiary/aromatic N) is 3. The van der Waals surface area contributed by atoms with Gasteiger partial charge in [-0.3, -0.25) is 4.74 Å². The van der Waals surface area contributed by atoms with Crippen LogP contribution in [-0.4, -0.2) is 58.5 Å². The molecule has 0 fully saturated rings. The molecular weight excluding hydrogens is 467 g/mol. The summed E-state index contributed by atoms with van der Waals surface area (Å²) in [5.74, 6) is 1.73. The van der Waals surface area contributed by atoms with Crippen LogP contribution in [0.25, 0.3) is 0 Å². The maximum atomic E-state index is 12.2. The van der Waals surface area contributed by atoms with Crippen LogP contribution in [0.5, 0.6) is 0 Å². The van der Waals surface area contributed by atoms with Crippen LogP contribution in [0.1, 0.15) is 37.4 Å². The number of anilines is 2. The van der Waals surface area contributed by atoms with Gasteiger partial charge >= 0.3 is 6.36 Å². The Hall–Kier alpha value is -2.37. The minimum atomic E-state index is -4.68. The average molecular weight is 498 g/mol. The van der Waals surface area contributed by atoms with Crippen molar-refractivity contribution in [2.45, 2.75) is 39.5 Å². The van der Waals surface area contributed by atoms with E-state index in [0.717, 1.165) is 41.3 Å². The summed E-state index contributed by atoms with van der Waals surface area (Å²) >= 11 is 1.61. The fourth-order valence-electron chi connectivity index (χ4n) is 3.52. The molecule has 7 nitrogen and oxygen atoms in total. The van der Waals surface area contributed by atoms with Crippen molar-refractivity contribution in [3.05, 3.63) is 46.8 Å². The predicted molar refractivity (Wildman–Crippen MR) is 130 cm³/mol. The topological polar surface area (TPSA) is 91.7 Å². The second-order valence-electron chi connectivity index (χ2n) is 7.92. The molecule has 0 bridgehead atoms. The molecule has 2 heterocycles. The molecule has 1 atom stereocenters. The van der Waals surface area contributed by atoms with Gasteiger partial charge in [0.15, 0.2) is 0 Å². The van der Waals surface area contributed by atoms with Crippen molar-refractivity contribution in [1.82, 2.24) is 9.97 Å². The zero-order valence-corrected chi connectivity index (χ0v) is 20.1. The number of allylic oxidation sites excluding steroid dienone is 4. The lowest BCUT2D eigenvalue weighted by Gasteiger charge is -2.21. The summed E-state index contributed by atoms with van der Waals surface area (Å²) in [5.41, 5.74) is 3.63. The SMILES string of the molecule is CCC(CO)CCNc1nc(NCCOC(F)(F)F)nc(C)c1C1=NC2=C(C=CC=CC2)CS1. The minimum absolute atomic E-state index is 0.0925. The second-order valence-corrected chi connectivity index (χ2v) is 8.88. The first-order valence-electron chi connectivity index (χ1n) is 11.3. The minimum Gasteiger partial charge on any atom is -0.396 e. The van der Waals surface area contributed by atoms with E-state index in [1.165, 1.54) is 5.57 Å². The first kappa shape index (κ1) is 26.2. The predicted octanol–water partition coefficient (Wildman–Crippen LogP) is 4.82. The highest BCUT2D eigenvalue weighted by Gasteiger charge is 2.28. The normalized spacial score (nSPS) is 16.7. The first-order valence-corrected chi connectivity index (χ1v) is 12.2. The lowest BCUT2D eigenvalue weighted by molar-refractivity contribution is -0.322. The molecule has 2 aliphatic rings. The molecular formula is C23H30F3N5O2S. The number of halogens is 3. The third-order valence-corrected chi connectivity index (χ3v) is 6.49. The van der Waals surface area contributed by atoms with E-state index in [2.05, 4.69) is 37.5 Å². The van der Waals surface area contributed by atoms with Crippen molar-refractivity contribution in [3.8, 4) is 0 Å². The fourth-order valence-corrected chi connectivity index (χ4v) is 4.64. The van der Waals surface area contributed by atoms with Gasteiger partial charge in [0.25, 0.3) is 0 Å². The van der Waals surface area contributed by atoms with E-state index in [-0.39, 0.29) is 25.0 Å². The summed E-state index contributed by atoms with van der Waals surface area (Å²) in [7, 11) is 0. The van der Waals surface area contributed by atoms with Crippen LogP contribution in [0.15, 0.2) is 40.6 Å². The van der Waals surface area contributed by atoms with Crippen LogP contribution in [0, 0.1) is 12.8 Å². The number of nitrogens with one attached hydrogen (secondary N) is 2. The van der Waals surface area contributed by atoms with Crippen molar-refractivity contribution in [2.75, 3.05) is 42.7 Å². The average Bonchev–Trinajstić information content (AvgIpc) is 3.04. The molecule has 11 heteroatoms. The Kier molecular flexibility index (Phi) is 9.54. The standard InChI is InChI=1S/C23H30F3N5O2S/c1-3-16(13-32)9-10-27-20-19(21-30-18-8-6-4-5-7-17(18)14-34-21)15(2)29-22(31-20)28-11-12-33-23(24,25)26/h4-7,16,32H,3,8-14H2,1-2H3,(H2,27,28,29,31). The molecule has 0 aromatic carbocycles. The molecule has 1 aromatic rings. The summed E-state index contributed by atoms with van der Waals surface area (Å²) in [6.45, 7) is 3.91. The molecule has 0 saturated carbocycles. The largest absolute Gasteiger partial charge is 0.522 e. The zero-order chi connectivity index (χ0) is 24.6. The number of aromatic nitrogens is 2. The molecule has 0 amide bonds. The summed E-state index contributed by atoms with van der Waals surface area (Å²) in [4.78, 5) is 13.9. The fraction of sp³-hybridized carbons (Fsp3) is 0.522. The van der Waals surface area contributed by atoms with Gasteiger partial charge in [-0.1, -0.05) is 37.6 Å². The highest BCUT2D eigenvalue weighted by Crippen LogP contribution is 2.33. The lowest BCUT2D eigenvalue weighted by Crippen LogP contribution is -2.21. The van der Waals surface area contributed by atoms with Crippen molar-refractivity contribution in [2.24, 2.45) is 10.9 Å². The molecule has 1 aliphatic heterocycles. The van der Waals surface area contributed by atoms with Crippen LogP contribution in [0.2, 0.25) is 0 Å². The van der Waals surface area contributed by atoms with Crippen molar-refractivity contribution < 1.29 is 23.0 Å². The highest BCUT2D eigenvalue weighted by molar-refractivity contribution is 8.14. The molecule has 34 heavy (non-hydrogen) atoms.